The van der Waals surface area contributed by atoms with E-state index in [9.17, 15) is 4.79 Å². The monoisotopic (exact) mass is 318 g/mol. The number of pyridine rings is 1. The Morgan fingerprint density at radius 2 is 2.26 bits per heavy atom. The van der Waals surface area contributed by atoms with Crippen LogP contribution in [0.25, 0.3) is 15.7 Å². The molecule has 2 rings (SSSR count). The molecule has 5 heteroatoms. The zero-order valence-corrected chi connectivity index (χ0v) is 11.9. The van der Waals surface area contributed by atoms with Crippen LogP contribution in [-0.4, -0.2) is 17.6 Å². The molecule has 1 aromatic carbocycles. The van der Waals surface area contributed by atoms with Crippen LogP contribution in [0.3, 0.4) is 0 Å². The summed E-state index contributed by atoms with van der Waals surface area (Å²) in [5, 5.41) is 0.847. The highest BCUT2D eigenvalue weighted by Crippen LogP contribution is 2.22. The van der Waals surface area contributed by atoms with Gasteiger partial charge < -0.3 is 9.58 Å². The second-order valence-corrected chi connectivity index (χ2v) is 4.77. The summed E-state index contributed by atoms with van der Waals surface area (Å²) < 4.78 is 5.90. The zero-order chi connectivity index (χ0) is 13.8. The van der Waals surface area contributed by atoms with E-state index >= 15 is 0 Å². The van der Waals surface area contributed by atoms with Gasteiger partial charge in [0, 0.05) is 9.86 Å². The molecule has 19 heavy (non-hydrogen) atoms. The summed E-state index contributed by atoms with van der Waals surface area (Å²) in [5.41, 5.74) is 1.58. The van der Waals surface area contributed by atoms with Crippen molar-refractivity contribution >= 4 is 32.8 Å². The molecule has 2 aromatic rings. The van der Waals surface area contributed by atoms with Crippen LogP contribution in [0.1, 0.15) is 23.0 Å². The maximum absolute atomic E-state index is 11.9. The van der Waals surface area contributed by atoms with E-state index in [1.807, 2.05) is 18.2 Å². The average molecular weight is 319 g/mol. The number of carbonyl (C=O) groups is 1. The van der Waals surface area contributed by atoms with Crippen LogP contribution in [0.5, 0.6) is 0 Å². The van der Waals surface area contributed by atoms with Gasteiger partial charge in [-0.05, 0) is 25.1 Å². The van der Waals surface area contributed by atoms with Crippen molar-refractivity contribution in [3.8, 4) is 0 Å². The van der Waals surface area contributed by atoms with E-state index in [4.69, 9.17) is 11.3 Å². The van der Waals surface area contributed by atoms with Gasteiger partial charge in [-0.2, -0.15) is 0 Å². The minimum Gasteiger partial charge on any atom is -0.462 e. The van der Waals surface area contributed by atoms with Gasteiger partial charge in [-0.15, -0.1) is 0 Å². The van der Waals surface area contributed by atoms with Gasteiger partial charge in [0.05, 0.1) is 17.7 Å². The van der Waals surface area contributed by atoms with Crippen LogP contribution >= 0.6 is 15.9 Å². The second kappa shape index (κ2) is 5.81. The number of esters is 1. The van der Waals surface area contributed by atoms with Crippen LogP contribution in [0.15, 0.2) is 28.7 Å². The molecule has 0 amide bonds. The Kier molecular flexibility index (Phi) is 4.13. The smallest absolute Gasteiger partial charge is 0.340 e. The van der Waals surface area contributed by atoms with Gasteiger partial charge in [0.25, 0.3) is 6.54 Å². The van der Waals surface area contributed by atoms with Crippen LogP contribution in [-0.2, 0) is 11.3 Å². The lowest BCUT2D eigenvalue weighted by Crippen LogP contribution is -2.09. The molecule has 4 nitrogen and oxygen atoms in total. The number of benzene rings is 1. The van der Waals surface area contributed by atoms with Gasteiger partial charge in [0.15, 0.2) is 0 Å². The molecule has 0 atom stereocenters. The van der Waals surface area contributed by atoms with Crippen molar-refractivity contribution in [3.05, 3.63) is 51.4 Å². The molecule has 0 bridgehead atoms. The summed E-state index contributed by atoms with van der Waals surface area (Å²) in [5.74, 6) is -0.432. The molecular weight excluding hydrogens is 308 g/mol. The van der Waals surface area contributed by atoms with E-state index in [1.165, 1.54) is 0 Å². The molecule has 1 aromatic heterocycles. The standard InChI is InChI=1S/C14H11BrN2O2/c1-3-19-14(18)11-6-9-4-5-10(15)7-12(9)17-13(11)8-16-2/h4-7H,3,8H2,1H3. The lowest BCUT2D eigenvalue weighted by molar-refractivity contribution is 0.0525. The maximum atomic E-state index is 11.9. The molecule has 0 radical (unpaired) electrons. The summed E-state index contributed by atoms with van der Waals surface area (Å²) in [6.07, 6.45) is 0. The van der Waals surface area contributed by atoms with Gasteiger partial charge in [-0.25, -0.2) is 16.4 Å². The molecule has 1 heterocycles. The third-order valence-electron chi connectivity index (χ3n) is 2.58. The lowest BCUT2D eigenvalue weighted by atomic mass is 10.1. The van der Waals surface area contributed by atoms with Gasteiger partial charge in [-0.3, -0.25) is 0 Å². The minimum absolute atomic E-state index is 0.0661. The van der Waals surface area contributed by atoms with Crippen LogP contribution < -0.4 is 0 Å². The van der Waals surface area contributed by atoms with E-state index in [1.54, 1.807) is 13.0 Å². The molecule has 0 saturated heterocycles. The first-order valence-electron chi connectivity index (χ1n) is 5.75. The fraction of sp³-hybridized carbons (Fsp3) is 0.214. The number of ether oxygens (including phenoxy) is 1. The first kappa shape index (κ1) is 13.5. The zero-order valence-electron chi connectivity index (χ0n) is 10.3. The number of aromatic nitrogens is 1. The summed E-state index contributed by atoms with van der Waals surface area (Å²) in [6, 6.07) is 7.34. The molecular formula is C14H11BrN2O2. The first-order valence-corrected chi connectivity index (χ1v) is 6.54. The highest BCUT2D eigenvalue weighted by Gasteiger charge is 2.17. The summed E-state index contributed by atoms with van der Waals surface area (Å²) in [7, 11) is 0. The Morgan fingerprint density at radius 1 is 1.47 bits per heavy atom. The first-order chi connectivity index (χ1) is 9.15. The number of fused-ring (bicyclic) bond motifs is 1. The molecule has 0 saturated carbocycles. The van der Waals surface area contributed by atoms with Crippen molar-refractivity contribution in [2.75, 3.05) is 6.61 Å². The predicted octanol–water partition coefficient (Wildman–Crippen LogP) is 3.59. The van der Waals surface area contributed by atoms with Crippen molar-refractivity contribution in [1.82, 2.24) is 4.98 Å². The number of halogens is 1. The van der Waals surface area contributed by atoms with Crippen LogP contribution in [0, 0.1) is 6.57 Å². The van der Waals surface area contributed by atoms with E-state index in [-0.39, 0.29) is 6.54 Å². The average Bonchev–Trinajstić information content (AvgIpc) is 2.38. The molecule has 0 unspecified atom stereocenters. The highest BCUT2D eigenvalue weighted by atomic mass is 79.9. The summed E-state index contributed by atoms with van der Waals surface area (Å²) in [6.45, 7) is 9.07. The number of carbonyl (C=O) groups excluding carboxylic acids is 1. The van der Waals surface area contributed by atoms with Gasteiger partial charge in [0.1, 0.15) is 5.69 Å². The Morgan fingerprint density at radius 3 is 2.95 bits per heavy atom. The molecule has 96 valence electrons. The SMILES string of the molecule is [C-]#[N+]Cc1nc2cc(Br)ccc2cc1C(=O)OCC. The largest absolute Gasteiger partial charge is 0.462 e. The molecule has 0 N–H and O–H groups in total. The van der Waals surface area contributed by atoms with E-state index in [0.717, 1.165) is 15.4 Å². The van der Waals surface area contributed by atoms with Crippen molar-refractivity contribution in [2.24, 2.45) is 0 Å². The highest BCUT2D eigenvalue weighted by molar-refractivity contribution is 9.10. The summed E-state index contributed by atoms with van der Waals surface area (Å²) in [4.78, 5) is 19.6. The molecule has 0 aliphatic carbocycles. The number of hydrogen-bond acceptors (Lipinski definition) is 3. The summed E-state index contributed by atoms with van der Waals surface area (Å²) >= 11 is 3.38. The predicted molar refractivity (Wildman–Crippen MR) is 75.7 cm³/mol. The van der Waals surface area contributed by atoms with Crippen LogP contribution in [0.2, 0.25) is 0 Å². The number of hydrogen-bond donors (Lipinski definition) is 0. The van der Waals surface area contributed by atoms with Gasteiger partial charge >= 0.3 is 5.97 Å². The molecule has 0 aliphatic rings. The Hall–Kier alpha value is -1.93. The van der Waals surface area contributed by atoms with Crippen molar-refractivity contribution in [3.63, 3.8) is 0 Å². The van der Waals surface area contributed by atoms with E-state index < -0.39 is 5.97 Å². The third-order valence-corrected chi connectivity index (χ3v) is 3.08. The maximum Gasteiger partial charge on any atom is 0.340 e. The lowest BCUT2D eigenvalue weighted by Gasteiger charge is -2.07. The van der Waals surface area contributed by atoms with Crippen molar-refractivity contribution in [2.45, 2.75) is 13.5 Å². The Labute approximate surface area is 119 Å². The van der Waals surface area contributed by atoms with Crippen molar-refractivity contribution in [1.29, 1.82) is 0 Å². The van der Waals surface area contributed by atoms with Crippen molar-refractivity contribution < 1.29 is 9.53 Å². The fourth-order valence-corrected chi connectivity index (χ4v) is 2.11. The molecule has 0 fully saturated rings. The quantitative estimate of drug-likeness (QED) is 0.641. The molecule has 0 aliphatic heterocycles. The Balaban J connectivity index is 2.60. The number of rotatable bonds is 3. The second-order valence-electron chi connectivity index (χ2n) is 3.86. The van der Waals surface area contributed by atoms with Gasteiger partial charge in [-0.1, -0.05) is 22.0 Å². The van der Waals surface area contributed by atoms with Crippen LogP contribution in [0.4, 0.5) is 0 Å². The topological polar surface area (TPSA) is 43.5 Å². The molecule has 0 spiro atoms. The fourth-order valence-electron chi connectivity index (χ4n) is 1.76. The van der Waals surface area contributed by atoms with E-state index in [2.05, 4.69) is 25.8 Å². The van der Waals surface area contributed by atoms with Gasteiger partial charge in [0.2, 0.25) is 0 Å². The minimum atomic E-state index is -0.432. The normalized spacial score (nSPS) is 10.2. The Bertz CT molecular complexity index is 677. The third kappa shape index (κ3) is 2.91. The number of nitrogens with zero attached hydrogens (tertiary/aromatic N) is 2. The van der Waals surface area contributed by atoms with E-state index in [0.29, 0.717) is 17.9 Å².